The summed E-state index contributed by atoms with van der Waals surface area (Å²) in [4.78, 5) is 16.8. The van der Waals surface area contributed by atoms with Crippen molar-refractivity contribution in [2.24, 2.45) is 5.92 Å². The van der Waals surface area contributed by atoms with Crippen molar-refractivity contribution in [2.45, 2.75) is 69.4 Å². The number of anilines is 2. The molecule has 4 fully saturated rings. The van der Waals surface area contributed by atoms with Gasteiger partial charge < -0.3 is 15.4 Å². The van der Waals surface area contributed by atoms with Crippen LogP contribution in [0.2, 0.25) is 0 Å². The maximum atomic E-state index is 16.5. The molecule has 0 amide bonds. The van der Waals surface area contributed by atoms with Crippen LogP contribution >= 0.6 is 0 Å². The normalized spacial score (nSPS) is 27.6. The molecule has 0 unspecified atom stereocenters. The van der Waals surface area contributed by atoms with E-state index >= 15 is 4.39 Å². The molecule has 1 aromatic carbocycles. The Labute approximate surface area is 254 Å². The van der Waals surface area contributed by atoms with Crippen LogP contribution in [-0.4, -0.2) is 63.8 Å². The summed E-state index contributed by atoms with van der Waals surface area (Å²) in [6, 6.07) is -0.0212. The number of nitrogen functional groups attached to an aromatic ring is 1. The van der Waals surface area contributed by atoms with Crippen molar-refractivity contribution in [1.29, 1.82) is 0 Å². The van der Waals surface area contributed by atoms with Crippen molar-refractivity contribution in [3.05, 3.63) is 46.9 Å². The summed E-state index contributed by atoms with van der Waals surface area (Å²) in [6.07, 6.45) is -0.110. The minimum Gasteiger partial charge on any atom is -0.461 e. The minimum absolute atomic E-state index is 0.0680. The summed E-state index contributed by atoms with van der Waals surface area (Å²) >= 11 is 0. The Kier molecular flexibility index (Phi) is 7.13. The molecule has 4 aliphatic rings. The highest BCUT2D eigenvalue weighted by Gasteiger charge is 2.56. The van der Waals surface area contributed by atoms with E-state index in [-0.39, 0.29) is 35.3 Å². The van der Waals surface area contributed by atoms with E-state index < -0.39 is 63.6 Å². The third-order valence-corrected chi connectivity index (χ3v) is 9.88. The zero-order valence-corrected chi connectivity index (χ0v) is 24.4. The first-order chi connectivity index (χ1) is 21.4. The lowest BCUT2D eigenvalue weighted by molar-refractivity contribution is -0.137. The van der Waals surface area contributed by atoms with Gasteiger partial charge in [-0.05, 0) is 62.8 Å². The Morgan fingerprint density at radius 3 is 2.69 bits per heavy atom. The molecule has 14 heteroatoms. The SMILES string of the molecule is Cc1c(F)c(N)cc(-c2ncc3c(N4CCCC[C@H]5[C@H](F)[C@H]54)nc(OC[C@@]45CCCN4C/C(=C\F)C5)nc3c2F)c1C(F)(F)F. The zero-order valence-electron chi connectivity index (χ0n) is 24.4. The molecular formula is C31H31F7N6O. The number of halogens is 7. The lowest BCUT2D eigenvalue weighted by Crippen LogP contribution is -2.43. The van der Waals surface area contributed by atoms with Gasteiger partial charge in [0.05, 0.1) is 34.5 Å². The summed E-state index contributed by atoms with van der Waals surface area (Å²) in [5.74, 6) is -2.51. The van der Waals surface area contributed by atoms with Gasteiger partial charge in [-0.15, -0.1) is 0 Å². The van der Waals surface area contributed by atoms with Gasteiger partial charge in [-0.3, -0.25) is 9.88 Å². The molecule has 2 aromatic heterocycles. The first kappa shape index (κ1) is 30.0. The number of rotatable bonds is 5. The average Bonchev–Trinajstić information content (AvgIpc) is 3.35. The molecule has 1 saturated carbocycles. The first-order valence-electron chi connectivity index (χ1n) is 15.0. The second-order valence-electron chi connectivity index (χ2n) is 12.6. The molecule has 45 heavy (non-hydrogen) atoms. The number of nitrogens with zero attached hydrogens (tertiary/aromatic N) is 5. The fraction of sp³-hybridized carbons (Fsp3) is 0.516. The summed E-state index contributed by atoms with van der Waals surface area (Å²) in [7, 11) is 0. The van der Waals surface area contributed by atoms with Gasteiger partial charge in [0.2, 0.25) is 0 Å². The van der Waals surface area contributed by atoms with E-state index in [1.807, 2.05) is 0 Å². The minimum atomic E-state index is -5.05. The average molecular weight is 637 g/mol. The Balaban J connectivity index is 1.37. The molecule has 4 atom stereocenters. The molecule has 7 rings (SSSR count). The molecule has 0 bridgehead atoms. The van der Waals surface area contributed by atoms with Gasteiger partial charge >= 0.3 is 12.2 Å². The molecule has 7 nitrogen and oxygen atoms in total. The topological polar surface area (TPSA) is 80.4 Å². The van der Waals surface area contributed by atoms with E-state index in [1.165, 1.54) is 0 Å². The third-order valence-electron chi connectivity index (χ3n) is 9.88. The molecule has 3 aliphatic heterocycles. The summed E-state index contributed by atoms with van der Waals surface area (Å²) in [5.41, 5.74) is 1.18. The highest BCUT2D eigenvalue weighted by atomic mass is 19.4. The van der Waals surface area contributed by atoms with Crippen LogP contribution in [0.1, 0.15) is 49.7 Å². The molecular weight excluding hydrogens is 605 g/mol. The number of pyridine rings is 1. The van der Waals surface area contributed by atoms with E-state index in [2.05, 4.69) is 19.9 Å². The van der Waals surface area contributed by atoms with E-state index in [4.69, 9.17) is 10.5 Å². The van der Waals surface area contributed by atoms with Crippen LogP contribution in [0.25, 0.3) is 22.2 Å². The molecule has 2 N–H and O–H groups in total. The van der Waals surface area contributed by atoms with Crippen molar-refractivity contribution >= 4 is 22.4 Å². The van der Waals surface area contributed by atoms with Crippen LogP contribution in [-0.2, 0) is 6.18 Å². The van der Waals surface area contributed by atoms with Crippen LogP contribution in [0.15, 0.2) is 24.2 Å². The number of alkyl halides is 4. The van der Waals surface area contributed by atoms with Crippen LogP contribution < -0.4 is 15.4 Å². The highest BCUT2D eigenvalue weighted by Crippen LogP contribution is 2.49. The van der Waals surface area contributed by atoms with Gasteiger partial charge in [0.15, 0.2) is 5.82 Å². The standard InChI is InChI=1S/C31H31F7N6O/c1-15-21(31(36,37)38)18(9-20(39)22(15)33)25-24(35)26-19(12-40-25)28(44-8-3-2-5-17-23(34)27(17)44)42-29(41-26)45-14-30-6-4-7-43(30)13-16(10-30)11-32/h9,11-12,17,23,27H,2-8,10,13-14,39H2,1H3/b16-11-/t17-,23-,27-,30-/m0/s1. The molecule has 240 valence electrons. The Hall–Kier alpha value is -3.68. The Bertz CT molecular complexity index is 1710. The van der Waals surface area contributed by atoms with Gasteiger partial charge in [0.25, 0.3) is 0 Å². The predicted octanol–water partition coefficient (Wildman–Crippen LogP) is 6.68. The second kappa shape index (κ2) is 10.7. The smallest absolute Gasteiger partial charge is 0.417 e. The zero-order chi connectivity index (χ0) is 31.8. The molecule has 1 aliphatic carbocycles. The Morgan fingerprint density at radius 1 is 1.13 bits per heavy atom. The summed E-state index contributed by atoms with van der Waals surface area (Å²) in [5, 5.41) is 0.0767. The van der Waals surface area contributed by atoms with E-state index in [0.717, 1.165) is 45.3 Å². The highest BCUT2D eigenvalue weighted by molar-refractivity contribution is 5.93. The molecule has 0 spiro atoms. The van der Waals surface area contributed by atoms with Gasteiger partial charge in [0, 0.05) is 30.8 Å². The molecule has 5 heterocycles. The fourth-order valence-electron chi connectivity index (χ4n) is 7.62. The van der Waals surface area contributed by atoms with Crippen LogP contribution in [0.5, 0.6) is 6.01 Å². The van der Waals surface area contributed by atoms with Crippen LogP contribution in [0.3, 0.4) is 0 Å². The third kappa shape index (κ3) is 4.86. The van der Waals surface area contributed by atoms with Gasteiger partial charge in [-0.1, -0.05) is 6.42 Å². The first-order valence-corrected chi connectivity index (χ1v) is 15.0. The summed E-state index contributed by atoms with van der Waals surface area (Å²) in [6.45, 7) is 2.62. The second-order valence-corrected chi connectivity index (χ2v) is 12.6. The Morgan fingerprint density at radius 2 is 1.93 bits per heavy atom. The quantitative estimate of drug-likeness (QED) is 0.247. The lowest BCUT2D eigenvalue weighted by atomic mass is 9.94. The molecule has 3 aromatic rings. The predicted molar refractivity (Wildman–Crippen MR) is 153 cm³/mol. The largest absolute Gasteiger partial charge is 0.461 e. The van der Waals surface area contributed by atoms with Crippen LogP contribution in [0.4, 0.5) is 42.2 Å². The van der Waals surface area contributed by atoms with Crippen molar-refractivity contribution < 1.29 is 35.5 Å². The number of fused-ring (bicyclic) bond motifs is 3. The van der Waals surface area contributed by atoms with Crippen molar-refractivity contribution in [1.82, 2.24) is 19.9 Å². The summed E-state index contributed by atoms with van der Waals surface area (Å²) < 4.78 is 108. The number of ether oxygens (including phenoxy) is 1. The van der Waals surface area contributed by atoms with Crippen molar-refractivity contribution in [3.8, 4) is 17.3 Å². The number of hydrogen-bond donors (Lipinski definition) is 1. The molecule has 3 saturated heterocycles. The lowest BCUT2D eigenvalue weighted by Gasteiger charge is -2.31. The van der Waals surface area contributed by atoms with Gasteiger partial charge in [0.1, 0.15) is 35.6 Å². The number of benzene rings is 1. The van der Waals surface area contributed by atoms with Crippen LogP contribution in [0, 0.1) is 24.5 Å². The number of nitrogens with two attached hydrogens (primary N) is 1. The van der Waals surface area contributed by atoms with Crippen molar-refractivity contribution in [3.63, 3.8) is 0 Å². The number of aromatic nitrogens is 3. The van der Waals surface area contributed by atoms with Gasteiger partial charge in [-0.2, -0.15) is 23.1 Å². The number of hydrogen-bond acceptors (Lipinski definition) is 7. The molecule has 0 radical (unpaired) electrons. The maximum absolute atomic E-state index is 16.5. The van der Waals surface area contributed by atoms with E-state index in [1.54, 1.807) is 4.90 Å². The fourth-order valence-corrected chi connectivity index (χ4v) is 7.62. The monoisotopic (exact) mass is 636 g/mol. The maximum Gasteiger partial charge on any atom is 0.417 e. The van der Waals surface area contributed by atoms with Crippen molar-refractivity contribution in [2.75, 3.05) is 36.9 Å². The van der Waals surface area contributed by atoms with E-state index in [9.17, 15) is 26.3 Å². The van der Waals surface area contributed by atoms with Gasteiger partial charge in [-0.25, -0.2) is 17.6 Å². The van der Waals surface area contributed by atoms with E-state index in [0.29, 0.717) is 43.9 Å².